The molecule has 0 spiro atoms. The van der Waals surface area contributed by atoms with Crippen LogP contribution in [0.25, 0.3) is 0 Å². The number of nitrogen functional groups attached to an aromatic ring is 1. The van der Waals surface area contributed by atoms with Crippen LogP contribution in [-0.2, 0) is 10.0 Å². The SMILES string of the molecule is CC(c1cccs1)N(C)S(=O)(=O)c1c(N)cc(Cl)cc1Cl. The summed E-state index contributed by atoms with van der Waals surface area (Å²) in [6.45, 7) is 1.81. The van der Waals surface area contributed by atoms with Gasteiger partial charge in [-0.3, -0.25) is 0 Å². The summed E-state index contributed by atoms with van der Waals surface area (Å²) in [4.78, 5) is 0.823. The minimum atomic E-state index is -3.82. The Kier molecular flexibility index (Phi) is 4.85. The van der Waals surface area contributed by atoms with Crippen molar-refractivity contribution in [1.82, 2.24) is 4.31 Å². The number of rotatable bonds is 4. The zero-order chi connectivity index (χ0) is 15.8. The number of sulfonamides is 1. The first-order valence-electron chi connectivity index (χ1n) is 6.01. The van der Waals surface area contributed by atoms with Crippen molar-refractivity contribution < 1.29 is 8.42 Å². The largest absolute Gasteiger partial charge is 0.398 e. The highest BCUT2D eigenvalue weighted by molar-refractivity contribution is 7.89. The van der Waals surface area contributed by atoms with E-state index in [1.165, 1.54) is 34.8 Å². The van der Waals surface area contributed by atoms with Crippen LogP contribution in [0.3, 0.4) is 0 Å². The van der Waals surface area contributed by atoms with E-state index in [2.05, 4.69) is 0 Å². The van der Waals surface area contributed by atoms with E-state index in [1.807, 2.05) is 24.4 Å². The van der Waals surface area contributed by atoms with Crippen LogP contribution in [-0.4, -0.2) is 19.8 Å². The molecule has 2 N–H and O–H groups in total. The number of hydrogen-bond acceptors (Lipinski definition) is 4. The molecule has 1 atom stereocenters. The molecule has 1 heterocycles. The first-order chi connectivity index (χ1) is 9.75. The molecule has 0 fully saturated rings. The third kappa shape index (κ3) is 3.19. The van der Waals surface area contributed by atoms with Crippen LogP contribution in [0.15, 0.2) is 34.5 Å². The van der Waals surface area contributed by atoms with Gasteiger partial charge in [-0.2, -0.15) is 4.31 Å². The highest BCUT2D eigenvalue weighted by Crippen LogP contribution is 2.36. The molecule has 1 aromatic carbocycles. The second-order valence-corrected chi connectivity index (χ2v) is 8.28. The fourth-order valence-electron chi connectivity index (χ4n) is 1.91. The van der Waals surface area contributed by atoms with Gasteiger partial charge in [0.05, 0.1) is 16.8 Å². The second kappa shape index (κ2) is 6.14. The van der Waals surface area contributed by atoms with E-state index >= 15 is 0 Å². The van der Waals surface area contributed by atoms with Gasteiger partial charge in [-0.1, -0.05) is 29.3 Å². The highest BCUT2D eigenvalue weighted by Gasteiger charge is 2.30. The van der Waals surface area contributed by atoms with Gasteiger partial charge in [0.2, 0.25) is 10.0 Å². The van der Waals surface area contributed by atoms with Crippen molar-refractivity contribution in [3.8, 4) is 0 Å². The van der Waals surface area contributed by atoms with Crippen LogP contribution < -0.4 is 5.73 Å². The van der Waals surface area contributed by atoms with Gasteiger partial charge in [-0.05, 0) is 30.5 Å². The van der Waals surface area contributed by atoms with Crippen LogP contribution in [0.1, 0.15) is 17.8 Å². The number of benzene rings is 1. The smallest absolute Gasteiger partial charge is 0.246 e. The number of hydrogen-bond donors (Lipinski definition) is 1. The molecule has 1 unspecified atom stereocenters. The van der Waals surface area contributed by atoms with Gasteiger partial charge < -0.3 is 5.73 Å². The molecule has 0 aliphatic rings. The average molecular weight is 365 g/mol. The average Bonchev–Trinajstić information content (AvgIpc) is 2.89. The first kappa shape index (κ1) is 16.6. The standard InChI is InChI=1S/C13H14Cl2N2O2S2/c1-8(12-4-3-5-20-12)17(2)21(18,19)13-10(15)6-9(14)7-11(13)16/h3-8H,16H2,1-2H3. The van der Waals surface area contributed by atoms with Crippen LogP contribution in [0.5, 0.6) is 0 Å². The van der Waals surface area contributed by atoms with E-state index in [9.17, 15) is 8.42 Å². The van der Waals surface area contributed by atoms with Crippen LogP contribution in [0.4, 0.5) is 5.69 Å². The fourth-order valence-corrected chi connectivity index (χ4v) is 5.09. The van der Waals surface area contributed by atoms with Gasteiger partial charge in [0, 0.05) is 16.9 Å². The number of halogens is 2. The Morgan fingerprint density at radius 2 is 2.00 bits per heavy atom. The van der Waals surface area contributed by atoms with Gasteiger partial charge in [0.15, 0.2) is 0 Å². The minimum absolute atomic E-state index is 0.0187. The molecule has 8 heteroatoms. The van der Waals surface area contributed by atoms with Crippen molar-refractivity contribution in [2.45, 2.75) is 17.9 Å². The van der Waals surface area contributed by atoms with Gasteiger partial charge in [-0.25, -0.2) is 8.42 Å². The highest BCUT2D eigenvalue weighted by atomic mass is 35.5. The Hall–Kier alpha value is -0.790. The monoisotopic (exact) mass is 364 g/mol. The Bertz CT molecular complexity index is 723. The molecule has 0 radical (unpaired) electrons. The molecule has 0 aliphatic carbocycles. The third-order valence-electron chi connectivity index (χ3n) is 3.17. The summed E-state index contributed by atoms with van der Waals surface area (Å²) < 4.78 is 26.7. The van der Waals surface area contributed by atoms with E-state index < -0.39 is 10.0 Å². The zero-order valence-corrected chi connectivity index (χ0v) is 14.5. The summed E-state index contributed by atoms with van der Waals surface area (Å²) in [7, 11) is -2.31. The van der Waals surface area contributed by atoms with Crippen molar-refractivity contribution >= 4 is 50.2 Å². The lowest BCUT2D eigenvalue weighted by Crippen LogP contribution is -2.30. The van der Waals surface area contributed by atoms with E-state index in [4.69, 9.17) is 28.9 Å². The number of thiophene rings is 1. The van der Waals surface area contributed by atoms with Gasteiger partial charge >= 0.3 is 0 Å². The second-order valence-electron chi connectivity index (χ2n) is 4.52. The van der Waals surface area contributed by atoms with E-state index in [-0.39, 0.29) is 21.6 Å². The third-order valence-corrected chi connectivity index (χ3v) is 6.89. The van der Waals surface area contributed by atoms with E-state index in [0.29, 0.717) is 5.02 Å². The van der Waals surface area contributed by atoms with Crippen molar-refractivity contribution in [3.05, 3.63) is 44.6 Å². The normalized spacial score (nSPS) is 13.6. The summed E-state index contributed by atoms with van der Waals surface area (Å²) in [5.41, 5.74) is 5.83. The summed E-state index contributed by atoms with van der Waals surface area (Å²) >= 11 is 13.3. The lowest BCUT2D eigenvalue weighted by molar-refractivity contribution is 0.403. The van der Waals surface area contributed by atoms with Crippen molar-refractivity contribution in [2.24, 2.45) is 0 Å². The Balaban J connectivity index is 2.47. The van der Waals surface area contributed by atoms with Gasteiger partial charge in [-0.15, -0.1) is 11.3 Å². The summed E-state index contributed by atoms with van der Waals surface area (Å²) in [5.74, 6) is 0. The topological polar surface area (TPSA) is 63.4 Å². The number of anilines is 1. The number of nitrogens with zero attached hydrogens (tertiary/aromatic N) is 1. The Morgan fingerprint density at radius 3 is 2.52 bits per heavy atom. The maximum Gasteiger partial charge on any atom is 0.246 e. The van der Waals surface area contributed by atoms with Crippen molar-refractivity contribution in [3.63, 3.8) is 0 Å². The minimum Gasteiger partial charge on any atom is -0.398 e. The molecule has 0 bridgehead atoms. The van der Waals surface area contributed by atoms with Crippen LogP contribution >= 0.6 is 34.5 Å². The number of nitrogens with two attached hydrogens (primary N) is 1. The van der Waals surface area contributed by atoms with Gasteiger partial charge in [0.25, 0.3) is 0 Å². The van der Waals surface area contributed by atoms with Crippen molar-refractivity contribution in [1.29, 1.82) is 0 Å². The lowest BCUT2D eigenvalue weighted by Gasteiger charge is -2.24. The summed E-state index contributed by atoms with van der Waals surface area (Å²) in [6, 6.07) is 6.19. The van der Waals surface area contributed by atoms with Crippen LogP contribution in [0.2, 0.25) is 10.0 Å². The molecule has 1 aromatic heterocycles. The zero-order valence-electron chi connectivity index (χ0n) is 11.4. The van der Waals surface area contributed by atoms with Gasteiger partial charge in [0.1, 0.15) is 4.90 Å². The molecule has 0 saturated heterocycles. The molecular formula is C13H14Cl2N2O2S2. The van der Waals surface area contributed by atoms with E-state index in [1.54, 1.807) is 0 Å². The quantitative estimate of drug-likeness (QED) is 0.833. The molecule has 0 saturated carbocycles. The summed E-state index contributed by atoms with van der Waals surface area (Å²) in [5, 5.41) is 2.21. The van der Waals surface area contributed by atoms with Crippen LogP contribution in [0, 0.1) is 0 Å². The molecule has 2 aromatic rings. The molecule has 2 rings (SSSR count). The molecule has 4 nitrogen and oxygen atoms in total. The van der Waals surface area contributed by atoms with Crippen molar-refractivity contribution in [2.75, 3.05) is 12.8 Å². The molecule has 0 amide bonds. The fraction of sp³-hybridized carbons (Fsp3) is 0.231. The molecule has 0 aliphatic heterocycles. The predicted octanol–water partition coefficient (Wildman–Crippen LogP) is 4.02. The Labute approximate surface area is 138 Å². The van der Waals surface area contributed by atoms with E-state index in [0.717, 1.165) is 4.88 Å². The lowest BCUT2D eigenvalue weighted by atomic mass is 10.3. The molecular weight excluding hydrogens is 351 g/mol. The summed E-state index contributed by atoms with van der Waals surface area (Å²) in [6.07, 6.45) is 0. The molecule has 21 heavy (non-hydrogen) atoms. The maximum atomic E-state index is 12.7. The first-order valence-corrected chi connectivity index (χ1v) is 9.08. The maximum absolute atomic E-state index is 12.7. The Morgan fingerprint density at radius 1 is 1.33 bits per heavy atom. The predicted molar refractivity (Wildman–Crippen MR) is 88.6 cm³/mol. The molecule has 114 valence electrons.